The van der Waals surface area contributed by atoms with Gasteiger partial charge in [-0.1, -0.05) is 30.9 Å². The Labute approximate surface area is 137 Å². The number of amides is 1. The van der Waals surface area contributed by atoms with Crippen LogP contribution in [0.4, 0.5) is 5.69 Å². The van der Waals surface area contributed by atoms with Crippen LogP contribution in [-0.2, 0) is 11.2 Å². The summed E-state index contributed by atoms with van der Waals surface area (Å²) in [4.78, 5) is 24.7. The van der Waals surface area contributed by atoms with Gasteiger partial charge in [-0.25, -0.2) is 0 Å². The van der Waals surface area contributed by atoms with Gasteiger partial charge in [-0.3, -0.25) is 9.59 Å². The van der Waals surface area contributed by atoms with E-state index >= 15 is 0 Å². The molecule has 1 heterocycles. The molecular weight excluding hydrogens is 306 g/mol. The second-order valence-electron chi connectivity index (χ2n) is 5.09. The molecule has 3 rings (SSSR count). The molecule has 23 heavy (non-hydrogen) atoms. The summed E-state index contributed by atoms with van der Waals surface area (Å²) in [6.45, 7) is 7.22. The standard InChI is InChI=1S/C19H15NO2S/c1-3-7-12-10-11-15-17(18(12)20-16(21)4-2)19(22)13-8-5-6-9-14(13)23-15/h3-6,8-11H,1-2,7H2,(H,20,21). The minimum absolute atomic E-state index is 0.0698. The molecule has 0 atom stereocenters. The van der Waals surface area contributed by atoms with Crippen LogP contribution in [0.15, 0.2) is 66.5 Å². The van der Waals surface area contributed by atoms with Crippen LogP contribution in [0.25, 0.3) is 20.2 Å². The molecule has 3 nitrogen and oxygen atoms in total. The summed E-state index contributed by atoms with van der Waals surface area (Å²) in [5.74, 6) is -0.333. The third kappa shape index (κ3) is 2.69. The molecule has 0 spiro atoms. The molecule has 0 saturated carbocycles. The van der Waals surface area contributed by atoms with Gasteiger partial charge in [-0.2, -0.15) is 0 Å². The van der Waals surface area contributed by atoms with E-state index in [1.54, 1.807) is 6.08 Å². The van der Waals surface area contributed by atoms with E-state index in [0.717, 1.165) is 15.0 Å². The van der Waals surface area contributed by atoms with E-state index in [9.17, 15) is 9.59 Å². The molecule has 3 aromatic rings. The molecule has 0 aliphatic carbocycles. The molecule has 4 heteroatoms. The van der Waals surface area contributed by atoms with Gasteiger partial charge < -0.3 is 5.32 Å². The Morgan fingerprint density at radius 1 is 1.13 bits per heavy atom. The smallest absolute Gasteiger partial charge is 0.247 e. The molecule has 1 N–H and O–H groups in total. The second kappa shape index (κ2) is 6.18. The largest absolute Gasteiger partial charge is 0.322 e. The molecule has 2 aromatic carbocycles. The molecule has 0 aliphatic rings. The van der Waals surface area contributed by atoms with E-state index in [1.807, 2.05) is 36.4 Å². The van der Waals surface area contributed by atoms with Gasteiger partial charge in [0, 0.05) is 14.8 Å². The van der Waals surface area contributed by atoms with E-state index < -0.39 is 0 Å². The number of carbonyl (C=O) groups is 1. The van der Waals surface area contributed by atoms with Gasteiger partial charge >= 0.3 is 0 Å². The highest BCUT2D eigenvalue weighted by atomic mass is 32.1. The minimum Gasteiger partial charge on any atom is -0.322 e. The molecule has 0 unspecified atom stereocenters. The fourth-order valence-corrected chi connectivity index (χ4v) is 3.66. The van der Waals surface area contributed by atoms with Crippen LogP contribution in [0.1, 0.15) is 5.56 Å². The Balaban J connectivity index is 2.42. The highest BCUT2D eigenvalue weighted by molar-refractivity contribution is 7.24. The number of hydrogen-bond acceptors (Lipinski definition) is 3. The molecule has 0 fully saturated rings. The first-order valence-corrected chi connectivity index (χ1v) is 7.99. The molecule has 114 valence electrons. The number of hydrogen-bond donors (Lipinski definition) is 1. The van der Waals surface area contributed by atoms with Crippen molar-refractivity contribution in [3.63, 3.8) is 0 Å². The van der Waals surface area contributed by atoms with Crippen molar-refractivity contribution in [2.24, 2.45) is 0 Å². The van der Waals surface area contributed by atoms with E-state index in [-0.39, 0.29) is 11.3 Å². The Bertz CT molecular complexity index is 1000. The summed E-state index contributed by atoms with van der Waals surface area (Å²) < 4.78 is 1.78. The summed E-state index contributed by atoms with van der Waals surface area (Å²) in [6, 6.07) is 11.4. The number of carbonyl (C=O) groups excluding carboxylic acids is 1. The molecular formula is C19H15NO2S. The number of nitrogens with one attached hydrogen (secondary N) is 1. The van der Waals surface area contributed by atoms with Crippen LogP contribution >= 0.6 is 11.3 Å². The van der Waals surface area contributed by atoms with Crippen molar-refractivity contribution in [2.75, 3.05) is 5.32 Å². The van der Waals surface area contributed by atoms with Gasteiger partial charge in [0.2, 0.25) is 5.91 Å². The van der Waals surface area contributed by atoms with E-state index in [1.165, 1.54) is 17.4 Å². The van der Waals surface area contributed by atoms with Crippen LogP contribution in [0.5, 0.6) is 0 Å². The molecule has 0 saturated heterocycles. The van der Waals surface area contributed by atoms with Crippen molar-refractivity contribution < 1.29 is 4.79 Å². The lowest BCUT2D eigenvalue weighted by Gasteiger charge is -2.12. The highest BCUT2D eigenvalue weighted by Crippen LogP contribution is 2.32. The van der Waals surface area contributed by atoms with Crippen molar-refractivity contribution in [3.05, 3.63) is 77.5 Å². The van der Waals surface area contributed by atoms with Crippen LogP contribution in [0.2, 0.25) is 0 Å². The first kappa shape index (κ1) is 15.2. The number of anilines is 1. The average molecular weight is 321 g/mol. The lowest BCUT2D eigenvalue weighted by molar-refractivity contribution is -0.111. The third-order valence-electron chi connectivity index (χ3n) is 3.63. The van der Waals surface area contributed by atoms with Gasteiger partial charge in [0.05, 0.1) is 11.1 Å². The first-order valence-electron chi connectivity index (χ1n) is 7.17. The van der Waals surface area contributed by atoms with Gasteiger partial charge in [-0.15, -0.1) is 17.9 Å². The van der Waals surface area contributed by atoms with Gasteiger partial charge in [-0.05, 0) is 36.3 Å². The predicted octanol–water partition coefficient (Wildman–Crippen LogP) is 4.27. The van der Waals surface area contributed by atoms with E-state index in [0.29, 0.717) is 22.9 Å². The Morgan fingerprint density at radius 2 is 1.91 bits per heavy atom. The molecule has 0 radical (unpaired) electrons. The fourth-order valence-electron chi connectivity index (χ4n) is 2.58. The van der Waals surface area contributed by atoms with Crippen molar-refractivity contribution >= 4 is 43.1 Å². The van der Waals surface area contributed by atoms with Crippen LogP contribution in [0.3, 0.4) is 0 Å². The minimum atomic E-state index is -0.333. The Morgan fingerprint density at radius 3 is 2.65 bits per heavy atom. The van der Waals surface area contributed by atoms with Crippen LogP contribution in [-0.4, -0.2) is 5.91 Å². The quantitative estimate of drug-likeness (QED) is 0.443. The zero-order valence-corrected chi connectivity index (χ0v) is 13.3. The Hall–Kier alpha value is -2.72. The lowest BCUT2D eigenvalue weighted by atomic mass is 10.0. The number of rotatable bonds is 4. The highest BCUT2D eigenvalue weighted by Gasteiger charge is 2.14. The number of allylic oxidation sites excluding steroid dienone is 1. The summed E-state index contributed by atoms with van der Waals surface area (Å²) in [7, 11) is 0. The molecule has 0 aliphatic heterocycles. The first-order chi connectivity index (χ1) is 11.2. The van der Waals surface area contributed by atoms with Crippen LogP contribution < -0.4 is 10.7 Å². The number of fused-ring (bicyclic) bond motifs is 2. The van der Waals surface area contributed by atoms with Crippen molar-refractivity contribution in [1.82, 2.24) is 0 Å². The maximum atomic E-state index is 12.9. The second-order valence-corrected chi connectivity index (χ2v) is 6.17. The normalized spacial score (nSPS) is 10.6. The summed E-state index contributed by atoms with van der Waals surface area (Å²) in [5, 5.41) is 4.00. The molecule has 1 amide bonds. The van der Waals surface area contributed by atoms with Gasteiger partial charge in [0.1, 0.15) is 0 Å². The maximum absolute atomic E-state index is 12.9. The zero-order chi connectivity index (χ0) is 16.4. The zero-order valence-electron chi connectivity index (χ0n) is 12.5. The van der Waals surface area contributed by atoms with Crippen LogP contribution in [0, 0.1) is 0 Å². The van der Waals surface area contributed by atoms with Crippen molar-refractivity contribution in [1.29, 1.82) is 0 Å². The average Bonchev–Trinajstić information content (AvgIpc) is 2.57. The van der Waals surface area contributed by atoms with E-state index in [2.05, 4.69) is 18.5 Å². The topological polar surface area (TPSA) is 46.2 Å². The Kier molecular flexibility index (Phi) is 4.08. The van der Waals surface area contributed by atoms with Gasteiger partial charge in [0.25, 0.3) is 0 Å². The summed E-state index contributed by atoms with van der Waals surface area (Å²) in [6.07, 6.45) is 3.52. The lowest BCUT2D eigenvalue weighted by Crippen LogP contribution is -2.13. The monoisotopic (exact) mass is 321 g/mol. The third-order valence-corrected chi connectivity index (χ3v) is 4.77. The number of benzene rings is 2. The summed E-state index contributed by atoms with van der Waals surface area (Å²) >= 11 is 1.54. The maximum Gasteiger partial charge on any atom is 0.247 e. The van der Waals surface area contributed by atoms with Crippen molar-refractivity contribution in [2.45, 2.75) is 6.42 Å². The SMILES string of the molecule is C=CCc1ccc2sc3ccccc3c(=O)c2c1NC(=O)C=C. The fraction of sp³-hybridized carbons (Fsp3) is 0.0526. The van der Waals surface area contributed by atoms with E-state index in [4.69, 9.17) is 0 Å². The van der Waals surface area contributed by atoms with Crippen molar-refractivity contribution in [3.8, 4) is 0 Å². The predicted molar refractivity (Wildman–Crippen MR) is 98.3 cm³/mol. The summed E-state index contributed by atoms with van der Waals surface area (Å²) in [5.41, 5.74) is 1.35. The molecule has 1 aromatic heterocycles. The molecule has 0 bridgehead atoms. The van der Waals surface area contributed by atoms with Gasteiger partial charge in [0.15, 0.2) is 5.43 Å².